The minimum absolute atomic E-state index is 0.344. The predicted molar refractivity (Wildman–Crippen MR) is 101 cm³/mol. The van der Waals surface area contributed by atoms with Gasteiger partial charge in [0.25, 0.3) is 0 Å². The lowest BCUT2D eigenvalue weighted by atomic mass is 9.95. The summed E-state index contributed by atoms with van der Waals surface area (Å²) in [6.07, 6.45) is 3.00. The maximum Gasteiger partial charge on any atom is 0.222 e. The van der Waals surface area contributed by atoms with Crippen molar-refractivity contribution in [3.63, 3.8) is 0 Å². The lowest BCUT2D eigenvalue weighted by Gasteiger charge is -2.39. The number of hydrogen-bond acceptors (Lipinski definition) is 4. The normalized spacial score (nSPS) is 20.5. The molecular weight excluding hydrogens is 314 g/mol. The highest BCUT2D eigenvalue weighted by molar-refractivity contribution is 5.76. The van der Waals surface area contributed by atoms with Crippen molar-refractivity contribution in [1.29, 1.82) is 0 Å². The minimum atomic E-state index is 0.344. The second-order valence-electron chi connectivity index (χ2n) is 8.12. The summed E-state index contributed by atoms with van der Waals surface area (Å²) in [5.41, 5.74) is 1.12. The van der Waals surface area contributed by atoms with Gasteiger partial charge >= 0.3 is 0 Å². The lowest BCUT2D eigenvalue weighted by Crippen LogP contribution is -2.49. The fourth-order valence-corrected chi connectivity index (χ4v) is 3.93. The van der Waals surface area contributed by atoms with E-state index >= 15 is 0 Å². The van der Waals surface area contributed by atoms with Crippen LogP contribution in [-0.2, 0) is 4.79 Å². The molecular formula is C19H33N5O. The van der Waals surface area contributed by atoms with Gasteiger partial charge in [-0.1, -0.05) is 13.8 Å². The summed E-state index contributed by atoms with van der Waals surface area (Å²) in [6, 6.07) is 2.12. The predicted octanol–water partition coefficient (Wildman–Crippen LogP) is 2.12. The van der Waals surface area contributed by atoms with Crippen molar-refractivity contribution in [1.82, 2.24) is 20.0 Å². The largest absolute Gasteiger partial charge is 0.353 e. The first kappa shape index (κ1) is 18.2. The van der Waals surface area contributed by atoms with Gasteiger partial charge in [-0.25, -0.2) is 0 Å². The number of carbonyl (C=O) groups excluding carboxylic acids is 1. The van der Waals surface area contributed by atoms with Crippen LogP contribution >= 0.6 is 0 Å². The molecule has 2 aliphatic heterocycles. The van der Waals surface area contributed by atoms with Crippen LogP contribution in [0.3, 0.4) is 0 Å². The van der Waals surface area contributed by atoms with E-state index in [0.717, 1.165) is 69.5 Å². The van der Waals surface area contributed by atoms with Crippen molar-refractivity contribution in [2.24, 2.45) is 11.8 Å². The molecule has 1 amide bonds. The molecule has 6 heteroatoms. The van der Waals surface area contributed by atoms with Crippen molar-refractivity contribution in [3.8, 4) is 0 Å². The number of piperidine rings is 1. The number of aromatic nitrogens is 2. The molecule has 3 heterocycles. The minimum Gasteiger partial charge on any atom is -0.353 e. The van der Waals surface area contributed by atoms with Gasteiger partial charge in [0.15, 0.2) is 5.82 Å². The number of rotatable bonds is 5. The molecule has 2 fully saturated rings. The number of aryl methyl sites for hydroxylation is 1. The lowest BCUT2D eigenvalue weighted by molar-refractivity contribution is -0.133. The van der Waals surface area contributed by atoms with Gasteiger partial charge in [0.2, 0.25) is 5.91 Å². The zero-order valence-corrected chi connectivity index (χ0v) is 16.0. The van der Waals surface area contributed by atoms with Crippen molar-refractivity contribution in [3.05, 3.63) is 11.8 Å². The molecule has 0 aliphatic carbocycles. The third-order valence-corrected chi connectivity index (χ3v) is 5.46. The van der Waals surface area contributed by atoms with Crippen LogP contribution < -0.4 is 4.90 Å². The van der Waals surface area contributed by atoms with Crippen LogP contribution in [0.1, 0.15) is 38.8 Å². The van der Waals surface area contributed by atoms with Gasteiger partial charge in [-0.2, -0.15) is 5.10 Å². The number of nitrogens with zero attached hydrogens (tertiary/aromatic N) is 4. The number of nitrogens with one attached hydrogen (secondary N) is 1. The summed E-state index contributed by atoms with van der Waals surface area (Å²) in [5, 5.41) is 7.40. The van der Waals surface area contributed by atoms with Gasteiger partial charge in [-0.15, -0.1) is 0 Å². The van der Waals surface area contributed by atoms with Gasteiger partial charge < -0.3 is 9.80 Å². The Morgan fingerprint density at radius 3 is 2.44 bits per heavy atom. The van der Waals surface area contributed by atoms with Gasteiger partial charge in [-0.3, -0.25) is 14.8 Å². The number of anilines is 1. The van der Waals surface area contributed by atoms with Crippen LogP contribution in [0.4, 0.5) is 5.82 Å². The number of likely N-dealkylation sites (tertiary alicyclic amines) is 1. The Morgan fingerprint density at radius 2 is 1.88 bits per heavy atom. The highest BCUT2D eigenvalue weighted by atomic mass is 16.2. The van der Waals surface area contributed by atoms with E-state index in [9.17, 15) is 4.79 Å². The second-order valence-corrected chi connectivity index (χ2v) is 8.12. The second kappa shape index (κ2) is 8.21. The molecule has 2 aliphatic rings. The third kappa shape index (κ3) is 4.97. The molecule has 2 saturated heterocycles. The van der Waals surface area contributed by atoms with E-state index in [-0.39, 0.29) is 0 Å². The van der Waals surface area contributed by atoms with Crippen molar-refractivity contribution < 1.29 is 4.79 Å². The van der Waals surface area contributed by atoms with Crippen molar-refractivity contribution in [2.45, 2.75) is 40.0 Å². The summed E-state index contributed by atoms with van der Waals surface area (Å²) >= 11 is 0. The summed E-state index contributed by atoms with van der Waals surface area (Å²) < 4.78 is 0. The molecule has 0 spiro atoms. The summed E-state index contributed by atoms with van der Waals surface area (Å²) in [6.45, 7) is 13.7. The van der Waals surface area contributed by atoms with Crippen LogP contribution in [0.5, 0.6) is 0 Å². The van der Waals surface area contributed by atoms with Gasteiger partial charge in [0.1, 0.15) is 0 Å². The molecule has 0 unspecified atom stereocenters. The maximum absolute atomic E-state index is 12.2. The van der Waals surface area contributed by atoms with Crippen LogP contribution in [0.2, 0.25) is 0 Å². The number of amides is 1. The number of hydrogen-bond donors (Lipinski definition) is 1. The zero-order chi connectivity index (χ0) is 17.8. The number of aromatic amines is 1. The number of carbonyl (C=O) groups is 1. The average Bonchev–Trinajstić information content (AvgIpc) is 3.02. The molecule has 0 aromatic carbocycles. The summed E-state index contributed by atoms with van der Waals surface area (Å²) in [7, 11) is 0. The molecule has 1 aromatic heterocycles. The molecule has 140 valence electrons. The van der Waals surface area contributed by atoms with E-state index in [1.54, 1.807) is 0 Å². The van der Waals surface area contributed by atoms with Crippen LogP contribution in [0.15, 0.2) is 6.07 Å². The highest BCUT2D eigenvalue weighted by Gasteiger charge is 2.26. The quantitative estimate of drug-likeness (QED) is 0.886. The van der Waals surface area contributed by atoms with Crippen molar-refractivity contribution >= 4 is 11.7 Å². The fraction of sp³-hybridized carbons (Fsp3) is 0.789. The smallest absolute Gasteiger partial charge is 0.222 e. The Bertz CT molecular complexity index is 554. The monoisotopic (exact) mass is 347 g/mol. The Balaban J connectivity index is 1.38. The molecule has 0 bridgehead atoms. The van der Waals surface area contributed by atoms with E-state index in [0.29, 0.717) is 18.2 Å². The zero-order valence-electron chi connectivity index (χ0n) is 16.0. The number of H-pyrrole nitrogens is 1. The first-order valence-electron chi connectivity index (χ1n) is 9.78. The Morgan fingerprint density at radius 1 is 1.20 bits per heavy atom. The molecule has 1 N–H and O–H groups in total. The van der Waals surface area contributed by atoms with E-state index in [1.165, 1.54) is 6.54 Å². The summed E-state index contributed by atoms with van der Waals surface area (Å²) in [4.78, 5) is 19.2. The first-order valence-corrected chi connectivity index (χ1v) is 9.78. The Hall–Kier alpha value is -1.56. The topological polar surface area (TPSA) is 55.5 Å². The molecule has 1 aromatic rings. The average molecular weight is 348 g/mol. The number of piperazine rings is 1. The fourth-order valence-electron chi connectivity index (χ4n) is 3.93. The van der Waals surface area contributed by atoms with Gasteiger partial charge in [0.05, 0.1) is 0 Å². The van der Waals surface area contributed by atoms with Crippen LogP contribution in [0.25, 0.3) is 0 Å². The Kier molecular flexibility index (Phi) is 5.99. The van der Waals surface area contributed by atoms with E-state index in [2.05, 4.69) is 44.8 Å². The SMILES string of the molecule is Cc1cc(N2CCN(CC3CCN(C(=O)CC(C)C)CC3)CC2)n[nH]1. The molecule has 0 saturated carbocycles. The standard InChI is InChI=1S/C19H33N5O/c1-15(2)12-19(25)24-6-4-17(5-7-24)14-22-8-10-23(11-9-22)18-13-16(3)20-21-18/h13,15,17H,4-12,14H2,1-3H3,(H,20,21). The Labute approximate surface area is 151 Å². The van der Waals surface area contributed by atoms with Gasteiger partial charge in [-0.05, 0) is 31.6 Å². The van der Waals surface area contributed by atoms with E-state index in [1.807, 2.05) is 6.92 Å². The third-order valence-electron chi connectivity index (χ3n) is 5.46. The van der Waals surface area contributed by atoms with E-state index in [4.69, 9.17) is 0 Å². The first-order chi connectivity index (χ1) is 12.0. The molecule has 6 nitrogen and oxygen atoms in total. The molecule has 3 rings (SSSR count). The van der Waals surface area contributed by atoms with E-state index < -0.39 is 0 Å². The maximum atomic E-state index is 12.2. The van der Waals surface area contributed by atoms with Crippen molar-refractivity contribution in [2.75, 3.05) is 50.7 Å². The molecule has 25 heavy (non-hydrogen) atoms. The molecule has 0 atom stereocenters. The van der Waals surface area contributed by atoms with Crippen LogP contribution in [0, 0.1) is 18.8 Å². The summed E-state index contributed by atoms with van der Waals surface area (Å²) in [5.74, 6) is 2.62. The van der Waals surface area contributed by atoms with Crippen LogP contribution in [-0.4, -0.2) is 71.7 Å². The van der Waals surface area contributed by atoms with Gasteiger partial charge in [0, 0.05) is 64.0 Å². The highest BCUT2D eigenvalue weighted by Crippen LogP contribution is 2.21. The molecule has 0 radical (unpaired) electrons.